The SMILES string of the molecule is COc1ccccc1C(=O)N1CCC[C@@](COc2ccccc2)(CC(=O)N(C)Cc2ccccc2)C1. The molecule has 0 spiro atoms. The van der Waals surface area contributed by atoms with Crippen LogP contribution in [0, 0.1) is 5.41 Å². The van der Waals surface area contributed by atoms with Gasteiger partial charge in [-0.25, -0.2) is 0 Å². The van der Waals surface area contributed by atoms with Crippen LogP contribution in [-0.2, 0) is 11.3 Å². The highest BCUT2D eigenvalue weighted by atomic mass is 16.5. The number of ether oxygens (including phenoxy) is 2. The van der Waals surface area contributed by atoms with Crippen LogP contribution in [0.4, 0.5) is 0 Å². The molecule has 0 N–H and O–H groups in total. The van der Waals surface area contributed by atoms with E-state index in [9.17, 15) is 9.59 Å². The molecular weight excluding hydrogens is 452 g/mol. The summed E-state index contributed by atoms with van der Waals surface area (Å²) in [6, 6.07) is 26.9. The lowest BCUT2D eigenvalue weighted by Crippen LogP contribution is -2.50. The molecule has 1 aliphatic heterocycles. The van der Waals surface area contributed by atoms with Crippen molar-refractivity contribution in [2.24, 2.45) is 5.41 Å². The Kier molecular flexibility index (Phi) is 8.26. The van der Waals surface area contributed by atoms with E-state index >= 15 is 0 Å². The molecule has 3 aromatic carbocycles. The standard InChI is InChI=1S/C30H34N2O4/c1-31(21-24-12-5-3-6-13-24)28(33)20-30(23-36-25-14-7-4-8-15-25)18-11-19-32(22-30)29(34)26-16-9-10-17-27(26)35-2/h3-10,12-17H,11,18-23H2,1-2H3/t30-/m1/s1. The number of likely N-dealkylation sites (tertiary alicyclic amines) is 1. The predicted octanol–water partition coefficient (Wildman–Crippen LogP) is 5.05. The summed E-state index contributed by atoms with van der Waals surface area (Å²) in [6.45, 7) is 1.98. The second-order valence-corrected chi connectivity index (χ2v) is 9.54. The van der Waals surface area contributed by atoms with Crippen LogP contribution < -0.4 is 9.47 Å². The Labute approximate surface area is 213 Å². The first-order chi connectivity index (χ1) is 17.5. The van der Waals surface area contributed by atoms with E-state index in [0.29, 0.717) is 44.0 Å². The van der Waals surface area contributed by atoms with Crippen molar-refractivity contribution in [2.45, 2.75) is 25.8 Å². The molecule has 0 bridgehead atoms. The Morgan fingerprint density at radius 1 is 0.944 bits per heavy atom. The van der Waals surface area contributed by atoms with Crippen LogP contribution in [0.5, 0.6) is 11.5 Å². The number of hydrogen-bond acceptors (Lipinski definition) is 4. The fourth-order valence-corrected chi connectivity index (χ4v) is 4.84. The van der Waals surface area contributed by atoms with Gasteiger partial charge in [-0.15, -0.1) is 0 Å². The van der Waals surface area contributed by atoms with Gasteiger partial charge in [0.2, 0.25) is 5.91 Å². The van der Waals surface area contributed by atoms with E-state index in [0.717, 1.165) is 24.2 Å². The molecule has 1 fully saturated rings. The molecule has 36 heavy (non-hydrogen) atoms. The number of rotatable bonds is 9. The molecule has 2 amide bonds. The van der Waals surface area contributed by atoms with Crippen LogP contribution >= 0.6 is 0 Å². The summed E-state index contributed by atoms with van der Waals surface area (Å²) in [7, 11) is 3.41. The van der Waals surface area contributed by atoms with Gasteiger partial charge in [-0.1, -0.05) is 60.7 Å². The number of piperidine rings is 1. The highest BCUT2D eigenvalue weighted by molar-refractivity contribution is 5.97. The van der Waals surface area contributed by atoms with E-state index < -0.39 is 5.41 Å². The first kappa shape index (κ1) is 25.3. The van der Waals surface area contributed by atoms with Gasteiger partial charge in [0.05, 0.1) is 19.3 Å². The third-order valence-electron chi connectivity index (χ3n) is 6.79. The summed E-state index contributed by atoms with van der Waals surface area (Å²) in [5.41, 5.74) is 1.13. The van der Waals surface area contributed by atoms with Crippen LogP contribution in [0.1, 0.15) is 35.2 Å². The number of carbonyl (C=O) groups is 2. The summed E-state index contributed by atoms with van der Waals surface area (Å²) in [5.74, 6) is 1.27. The normalized spacial score (nSPS) is 17.3. The summed E-state index contributed by atoms with van der Waals surface area (Å²) in [4.78, 5) is 30.5. The van der Waals surface area contributed by atoms with Crippen LogP contribution in [0.15, 0.2) is 84.9 Å². The van der Waals surface area contributed by atoms with Gasteiger partial charge in [-0.3, -0.25) is 9.59 Å². The molecule has 1 saturated heterocycles. The molecule has 6 heteroatoms. The third-order valence-corrected chi connectivity index (χ3v) is 6.79. The zero-order valence-electron chi connectivity index (χ0n) is 21.1. The number of hydrogen-bond donors (Lipinski definition) is 0. The molecule has 6 nitrogen and oxygen atoms in total. The lowest BCUT2D eigenvalue weighted by molar-refractivity contribution is -0.134. The maximum Gasteiger partial charge on any atom is 0.257 e. The summed E-state index contributed by atoms with van der Waals surface area (Å²) in [6.07, 6.45) is 1.91. The van der Waals surface area contributed by atoms with E-state index in [4.69, 9.17) is 9.47 Å². The van der Waals surface area contributed by atoms with Gasteiger partial charge < -0.3 is 19.3 Å². The smallest absolute Gasteiger partial charge is 0.257 e. The van der Waals surface area contributed by atoms with Gasteiger partial charge in [0.25, 0.3) is 5.91 Å². The first-order valence-electron chi connectivity index (χ1n) is 12.4. The summed E-state index contributed by atoms with van der Waals surface area (Å²) < 4.78 is 11.6. The Morgan fingerprint density at radius 3 is 2.33 bits per heavy atom. The van der Waals surface area contributed by atoms with Crippen molar-refractivity contribution >= 4 is 11.8 Å². The number of benzene rings is 3. The molecule has 1 heterocycles. The largest absolute Gasteiger partial charge is 0.496 e. The lowest BCUT2D eigenvalue weighted by Gasteiger charge is -2.43. The minimum Gasteiger partial charge on any atom is -0.496 e. The number of methoxy groups -OCH3 is 1. The van der Waals surface area contributed by atoms with Crippen molar-refractivity contribution in [2.75, 3.05) is 33.9 Å². The Bertz CT molecular complexity index is 1150. The number of nitrogens with zero attached hydrogens (tertiary/aromatic N) is 2. The van der Waals surface area contributed by atoms with E-state index in [1.165, 1.54) is 0 Å². The quantitative estimate of drug-likeness (QED) is 0.425. The second-order valence-electron chi connectivity index (χ2n) is 9.54. The number of para-hydroxylation sites is 2. The Hall–Kier alpha value is -3.80. The van der Waals surface area contributed by atoms with Crippen molar-refractivity contribution in [1.29, 1.82) is 0 Å². The first-order valence-corrected chi connectivity index (χ1v) is 12.4. The molecule has 1 atom stereocenters. The molecule has 188 valence electrons. The van der Waals surface area contributed by atoms with Gasteiger partial charge in [-0.05, 0) is 42.7 Å². The van der Waals surface area contributed by atoms with Crippen LogP contribution in [0.25, 0.3) is 0 Å². The van der Waals surface area contributed by atoms with Crippen molar-refractivity contribution in [3.8, 4) is 11.5 Å². The molecule has 0 aromatic heterocycles. The fraction of sp³-hybridized carbons (Fsp3) is 0.333. The zero-order valence-corrected chi connectivity index (χ0v) is 21.1. The van der Waals surface area contributed by atoms with E-state index in [1.54, 1.807) is 24.1 Å². The number of amides is 2. The van der Waals surface area contributed by atoms with Crippen LogP contribution in [-0.4, -0.2) is 55.5 Å². The highest BCUT2D eigenvalue weighted by Crippen LogP contribution is 2.36. The molecule has 4 rings (SSSR count). The average molecular weight is 487 g/mol. The summed E-state index contributed by atoms with van der Waals surface area (Å²) >= 11 is 0. The van der Waals surface area contributed by atoms with Gasteiger partial charge in [0, 0.05) is 38.5 Å². The second kappa shape index (κ2) is 11.8. The average Bonchev–Trinajstić information content (AvgIpc) is 2.92. The Morgan fingerprint density at radius 2 is 1.61 bits per heavy atom. The van der Waals surface area contributed by atoms with Gasteiger partial charge in [0.1, 0.15) is 11.5 Å². The molecule has 1 aliphatic rings. The third kappa shape index (κ3) is 6.25. The van der Waals surface area contributed by atoms with Crippen molar-refractivity contribution in [1.82, 2.24) is 9.80 Å². The van der Waals surface area contributed by atoms with E-state index in [-0.39, 0.29) is 11.8 Å². The van der Waals surface area contributed by atoms with Gasteiger partial charge in [-0.2, -0.15) is 0 Å². The molecule has 0 aliphatic carbocycles. The molecule has 0 unspecified atom stereocenters. The molecular formula is C30H34N2O4. The minimum absolute atomic E-state index is 0.0436. The van der Waals surface area contributed by atoms with Crippen molar-refractivity contribution in [3.63, 3.8) is 0 Å². The predicted molar refractivity (Wildman–Crippen MR) is 140 cm³/mol. The van der Waals surface area contributed by atoms with Crippen LogP contribution in [0.3, 0.4) is 0 Å². The zero-order chi connectivity index (χ0) is 25.4. The lowest BCUT2D eigenvalue weighted by atomic mass is 9.77. The van der Waals surface area contributed by atoms with Gasteiger partial charge >= 0.3 is 0 Å². The topological polar surface area (TPSA) is 59.1 Å². The summed E-state index contributed by atoms with van der Waals surface area (Å²) in [5, 5.41) is 0. The molecule has 0 saturated carbocycles. The fourth-order valence-electron chi connectivity index (χ4n) is 4.84. The van der Waals surface area contributed by atoms with Crippen molar-refractivity contribution in [3.05, 3.63) is 96.1 Å². The van der Waals surface area contributed by atoms with E-state index in [2.05, 4.69) is 0 Å². The minimum atomic E-state index is -0.492. The maximum absolute atomic E-state index is 13.5. The van der Waals surface area contributed by atoms with Gasteiger partial charge in [0.15, 0.2) is 0 Å². The van der Waals surface area contributed by atoms with Crippen molar-refractivity contribution < 1.29 is 19.1 Å². The highest BCUT2D eigenvalue weighted by Gasteiger charge is 2.41. The molecule has 0 radical (unpaired) electrons. The van der Waals surface area contributed by atoms with E-state index in [1.807, 2.05) is 84.7 Å². The van der Waals surface area contributed by atoms with Crippen LogP contribution in [0.2, 0.25) is 0 Å². The number of carbonyl (C=O) groups excluding carboxylic acids is 2. The molecule has 3 aromatic rings. The monoisotopic (exact) mass is 486 g/mol. The maximum atomic E-state index is 13.5. The Balaban J connectivity index is 1.54.